The fourth-order valence-electron chi connectivity index (χ4n) is 0.300. The summed E-state index contributed by atoms with van der Waals surface area (Å²) in [6, 6.07) is 0. The minimum Gasteiger partial charge on any atom is -0.550 e. The van der Waals surface area contributed by atoms with Crippen molar-refractivity contribution < 1.29 is 14.4 Å². The lowest BCUT2D eigenvalue weighted by atomic mass is 10.5. The fourth-order valence-corrected chi connectivity index (χ4v) is 0.900. The smallest absolute Gasteiger partial charge is 0.0869 e. The zero-order valence-electron chi connectivity index (χ0n) is 8.74. The fraction of sp³-hybridized carbons (Fsp3) is 0.875. The number of carboxylic acids is 1. The van der Waals surface area contributed by atoms with Gasteiger partial charge in [0.1, 0.15) is 0 Å². The summed E-state index contributed by atoms with van der Waals surface area (Å²) >= 11 is 4.10. The van der Waals surface area contributed by atoms with E-state index in [4.69, 9.17) is 0 Å². The van der Waals surface area contributed by atoms with Crippen LogP contribution in [0.3, 0.4) is 0 Å². The van der Waals surface area contributed by atoms with Gasteiger partial charge in [-0.25, -0.2) is 0 Å². The van der Waals surface area contributed by atoms with E-state index in [0.29, 0.717) is 0 Å². The van der Waals surface area contributed by atoms with Crippen LogP contribution >= 0.6 is 36.6 Å². The van der Waals surface area contributed by atoms with E-state index in [1.54, 1.807) is 0 Å². The lowest BCUT2D eigenvalue weighted by molar-refractivity contribution is -0.867. The molecule has 82 valence electrons. The molecule has 0 aromatic rings. The quantitative estimate of drug-likeness (QED) is 0.464. The van der Waals surface area contributed by atoms with Crippen LogP contribution in [0.25, 0.3) is 0 Å². The summed E-state index contributed by atoms with van der Waals surface area (Å²) in [4.78, 5) is 9.26. The Morgan fingerprint density at radius 2 is 1.69 bits per heavy atom. The first-order chi connectivity index (χ1) is 5.33. The molecule has 0 rings (SSSR count). The zero-order chi connectivity index (χ0) is 10.2. The molecule has 5 heteroatoms. The molecule has 0 saturated carbocycles. The Bertz CT molecular complexity index is 126. The van der Waals surface area contributed by atoms with Gasteiger partial charge in [-0.15, -0.1) is 24.0 Å². The highest BCUT2D eigenvalue weighted by atomic mass is 127. The van der Waals surface area contributed by atoms with Gasteiger partial charge in [-0.3, -0.25) is 0 Å². The number of hydrogen-bond donors (Lipinski definition) is 1. The van der Waals surface area contributed by atoms with Crippen molar-refractivity contribution in [2.45, 2.75) is 13.3 Å². The normalized spacial score (nSPS) is 9.31. The van der Waals surface area contributed by atoms with Crippen LogP contribution in [0.15, 0.2) is 0 Å². The van der Waals surface area contributed by atoms with Crippen molar-refractivity contribution in [3.05, 3.63) is 0 Å². The highest BCUT2D eigenvalue weighted by Gasteiger charge is 2.01. The van der Waals surface area contributed by atoms with Gasteiger partial charge < -0.3 is 14.4 Å². The molecule has 0 heterocycles. The summed E-state index contributed by atoms with van der Waals surface area (Å²) in [7, 11) is 6.49. The van der Waals surface area contributed by atoms with E-state index < -0.39 is 5.97 Å². The zero-order valence-corrected chi connectivity index (χ0v) is 12.0. The van der Waals surface area contributed by atoms with Gasteiger partial charge in [0, 0.05) is 11.7 Å². The number of carbonyl (C=O) groups is 1. The number of carbonyl (C=O) groups excluding carboxylic acids is 1. The molecule has 0 aliphatic carbocycles. The van der Waals surface area contributed by atoms with Crippen molar-refractivity contribution in [1.29, 1.82) is 0 Å². The van der Waals surface area contributed by atoms with E-state index in [1.165, 1.54) is 6.92 Å². The monoisotopic (exact) mass is 321 g/mol. The molecule has 0 fully saturated rings. The van der Waals surface area contributed by atoms with Gasteiger partial charge in [0.2, 0.25) is 0 Å². The van der Waals surface area contributed by atoms with Gasteiger partial charge in [0.25, 0.3) is 0 Å². The van der Waals surface area contributed by atoms with Crippen molar-refractivity contribution in [2.24, 2.45) is 0 Å². The van der Waals surface area contributed by atoms with E-state index >= 15 is 0 Å². The molecule has 0 aromatic heterocycles. The average Bonchev–Trinajstić information content (AvgIpc) is 1.86. The van der Waals surface area contributed by atoms with Gasteiger partial charge in [0.15, 0.2) is 0 Å². The molecule has 0 unspecified atom stereocenters. The second-order valence-electron chi connectivity index (χ2n) is 3.46. The Morgan fingerprint density at radius 1 is 1.38 bits per heavy atom. The minimum atomic E-state index is -0.995. The molecule has 0 atom stereocenters. The van der Waals surface area contributed by atoms with E-state index in [2.05, 4.69) is 33.8 Å². The molecule has 0 N–H and O–H groups in total. The van der Waals surface area contributed by atoms with Gasteiger partial charge in [-0.1, -0.05) is 6.92 Å². The van der Waals surface area contributed by atoms with Gasteiger partial charge in [0.05, 0.1) is 27.7 Å². The second kappa shape index (κ2) is 10.6. The summed E-state index contributed by atoms with van der Waals surface area (Å²) in [5, 5.41) is 9.26. The summed E-state index contributed by atoms with van der Waals surface area (Å²) in [5.74, 6) is -0.0197. The van der Waals surface area contributed by atoms with Gasteiger partial charge in [-0.05, 0) is 6.42 Å². The number of quaternary nitrogens is 1. The van der Waals surface area contributed by atoms with Crippen molar-refractivity contribution in [2.75, 3.05) is 33.4 Å². The van der Waals surface area contributed by atoms with E-state index in [-0.39, 0.29) is 30.4 Å². The molecular weight excluding hydrogens is 301 g/mol. The molecular formula is C8H20INO2S. The van der Waals surface area contributed by atoms with Crippen LogP contribution in [-0.2, 0) is 4.79 Å². The number of rotatable bonds is 3. The van der Waals surface area contributed by atoms with E-state index in [1.807, 2.05) is 0 Å². The molecule has 0 aliphatic rings. The predicted octanol–water partition coefficient (Wildman–Crippen LogP) is 0.387. The third-order valence-electron chi connectivity index (χ3n) is 1.06. The molecule has 13 heavy (non-hydrogen) atoms. The summed E-state index contributed by atoms with van der Waals surface area (Å²) < 4.78 is 1.02. The predicted molar refractivity (Wildman–Crippen MR) is 67.5 cm³/mol. The summed E-state index contributed by atoms with van der Waals surface area (Å²) in [6.45, 7) is 2.68. The number of thiol groups is 1. The molecule has 0 aromatic carbocycles. The molecule has 3 nitrogen and oxygen atoms in total. The van der Waals surface area contributed by atoms with Crippen molar-refractivity contribution in [3.8, 4) is 0 Å². The largest absolute Gasteiger partial charge is 0.550 e. The Kier molecular flexibility index (Phi) is 15.6. The number of hydrogen-bond acceptors (Lipinski definition) is 3. The topological polar surface area (TPSA) is 40.1 Å². The lowest BCUT2D eigenvalue weighted by Gasteiger charge is -2.22. The maximum absolute atomic E-state index is 9.26. The van der Waals surface area contributed by atoms with Crippen LogP contribution in [0.5, 0.6) is 0 Å². The van der Waals surface area contributed by atoms with Crippen LogP contribution in [0, 0.1) is 0 Å². The first-order valence-corrected chi connectivity index (χ1v) is 4.58. The third-order valence-corrected chi connectivity index (χ3v) is 1.26. The Morgan fingerprint density at radius 3 is 1.69 bits per heavy atom. The molecule has 0 bridgehead atoms. The lowest BCUT2D eigenvalue weighted by Crippen LogP contribution is -2.36. The molecule has 0 aliphatic heterocycles. The standard InChI is InChI=1S/C5H13NS.C3H6O2.HI/c1-6(2,3)4-5-7;1-2-3(4)5;/h4-5H2,1-3H3;2H2,1H3,(H,4,5);1H. The van der Waals surface area contributed by atoms with Crippen LogP contribution < -0.4 is 5.11 Å². The third kappa shape index (κ3) is 32.6. The number of nitrogens with zero attached hydrogens (tertiary/aromatic N) is 1. The van der Waals surface area contributed by atoms with Crippen molar-refractivity contribution >= 4 is 42.6 Å². The molecule has 0 radical (unpaired) electrons. The van der Waals surface area contributed by atoms with Crippen molar-refractivity contribution in [3.63, 3.8) is 0 Å². The Labute approximate surface area is 104 Å². The molecule has 0 saturated heterocycles. The second-order valence-corrected chi connectivity index (χ2v) is 3.91. The maximum atomic E-state index is 9.26. The van der Waals surface area contributed by atoms with E-state index in [0.717, 1.165) is 16.8 Å². The highest BCUT2D eigenvalue weighted by molar-refractivity contribution is 14.0. The van der Waals surface area contributed by atoms with Crippen LogP contribution in [0.4, 0.5) is 0 Å². The first kappa shape index (κ1) is 19.1. The minimum absolute atomic E-state index is 0. The summed E-state index contributed by atoms with van der Waals surface area (Å²) in [5.41, 5.74) is 0. The number of halogens is 1. The van der Waals surface area contributed by atoms with Crippen LogP contribution in [-0.4, -0.2) is 43.9 Å². The maximum Gasteiger partial charge on any atom is 0.0869 e. The summed E-state index contributed by atoms with van der Waals surface area (Å²) in [6.07, 6.45) is 0.111. The van der Waals surface area contributed by atoms with Crippen LogP contribution in [0.1, 0.15) is 13.3 Å². The van der Waals surface area contributed by atoms with Crippen LogP contribution in [0.2, 0.25) is 0 Å². The van der Waals surface area contributed by atoms with E-state index in [9.17, 15) is 9.90 Å². The molecule has 0 amide bonds. The van der Waals surface area contributed by atoms with Gasteiger partial charge in [-0.2, -0.15) is 12.6 Å². The Balaban J connectivity index is -0.000000150. The SMILES string of the molecule is CCC(=O)[O-].C[N+](C)(C)CCS.I. The number of carboxylic acid groups (broad SMARTS) is 1. The average molecular weight is 321 g/mol. The highest BCUT2D eigenvalue weighted by Crippen LogP contribution is 1.88. The van der Waals surface area contributed by atoms with Crippen molar-refractivity contribution in [1.82, 2.24) is 0 Å². The first-order valence-electron chi connectivity index (χ1n) is 3.94. The number of aliphatic carboxylic acids is 1. The van der Waals surface area contributed by atoms with Gasteiger partial charge >= 0.3 is 0 Å². The Hall–Kier alpha value is 0.510. The molecule has 0 spiro atoms.